The van der Waals surface area contributed by atoms with Gasteiger partial charge in [-0.25, -0.2) is 9.13 Å². The summed E-state index contributed by atoms with van der Waals surface area (Å²) < 4.78 is 48.3. The molecule has 0 saturated carbocycles. The second-order valence-electron chi connectivity index (χ2n) is 18.6. The third kappa shape index (κ3) is 18.8. The van der Waals surface area contributed by atoms with Crippen LogP contribution >= 0.6 is 15.6 Å². The van der Waals surface area contributed by atoms with E-state index in [0.29, 0.717) is 35.8 Å². The maximum Gasteiger partial charge on any atom is 2.00 e. The number of hydrogen-bond donors (Lipinski definition) is 0. The molecule has 4 bridgehead atoms. The van der Waals surface area contributed by atoms with Crippen molar-refractivity contribution in [2.24, 2.45) is 0 Å². The molecule has 8 nitrogen and oxygen atoms in total. The van der Waals surface area contributed by atoms with Crippen molar-refractivity contribution in [2.45, 2.75) is 208 Å². The molecule has 0 saturated heterocycles. The number of fused-ring (bicyclic) bond motifs is 4. The van der Waals surface area contributed by atoms with E-state index in [1.54, 1.807) is 12.1 Å². The van der Waals surface area contributed by atoms with E-state index in [9.17, 15) is 18.9 Å². The molecule has 11 heteroatoms. The summed E-state index contributed by atoms with van der Waals surface area (Å²) in [4.78, 5) is 25.9. The molecule has 0 aromatic heterocycles. The summed E-state index contributed by atoms with van der Waals surface area (Å²) >= 11 is 0. The molecule has 0 heterocycles. The third-order valence-electron chi connectivity index (χ3n) is 13.0. The third-order valence-corrected chi connectivity index (χ3v) is 14.7. The summed E-state index contributed by atoms with van der Waals surface area (Å²) in [6, 6.07) is 20.2. The Kier molecular flexibility index (Phi) is 25.5. The standard InChI is InChI=1S/2C28H41O4P.Ca/c2*1-4-7-9-13-22-17-18-27(24(6-3)19-22)31-33(29,30)32-28-25-15-11-12-16-26(28)21-23(20-25)14-10-8-5-2;/h2*17-21H,4-16H2,1-3H3,(H,29,30);/q;;+2/p-2. The molecule has 2 aliphatic rings. The number of aryl methyl sites for hydroxylation is 10. The fourth-order valence-electron chi connectivity index (χ4n) is 9.31. The predicted molar refractivity (Wildman–Crippen MR) is 274 cm³/mol. The first-order chi connectivity index (χ1) is 31.9. The zero-order valence-corrected chi connectivity index (χ0v) is 46.0. The van der Waals surface area contributed by atoms with Crippen LogP contribution in [0.2, 0.25) is 0 Å². The van der Waals surface area contributed by atoms with Crippen molar-refractivity contribution >= 4 is 53.4 Å². The van der Waals surface area contributed by atoms with E-state index in [4.69, 9.17) is 18.1 Å². The van der Waals surface area contributed by atoms with Gasteiger partial charge >= 0.3 is 53.4 Å². The van der Waals surface area contributed by atoms with Crippen LogP contribution in [-0.4, -0.2) is 37.7 Å². The minimum absolute atomic E-state index is 0. The van der Waals surface area contributed by atoms with Crippen molar-refractivity contribution in [3.63, 3.8) is 0 Å². The maximum absolute atomic E-state index is 13.0. The quantitative estimate of drug-likeness (QED) is 0.0347. The van der Waals surface area contributed by atoms with E-state index in [2.05, 4.69) is 64.1 Å². The van der Waals surface area contributed by atoms with Gasteiger partial charge in [-0.05, 0) is 183 Å². The number of benzene rings is 4. The molecule has 0 spiro atoms. The summed E-state index contributed by atoms with van der Waals surface area (Å²) in [6.45, 7) is 12.8. The summed E-state index contributed by atoms with van der Waals surface area (Å²) in [7, 11) is -9.12. The molecule has 2 unspecified atom stereocenters. The second kappa shape index (κ2) is 29.8. The van der Waals surface area contributed by atoms with Crippen LogP contribution in [0.5, 0.6) is 23.0 Å². The van der Waals surface area contributed by atoms with E-state index >= 15 is 0 Å². The number of unbranched alkanes of at least 4 members (excludes halogenated alkanes) is 8. The predicted octanol–water partition coefficient (Wildman–Crippen LogP) is 14.7. The molecule has 2 aliphatic carbocycles. The van der Waals surface area contributed by atoms with Gasteiger partial charge in [0.15, 0.2) is 0 Å². The molecule has 67 heavy (non-hydrogen) atoms. The second-order valence-corrected chi connectivity index (χ2v) is 21.1. The SMILES string of the molecule is CCCCCc1ccc(OP(=O)([O-])Oc2c3cc(CCCCC)cc2CCCC3)c(CC)c1.CCCCCc1ccc(OP(=O)([O-])Oc2c3cc(CCCCC)cc2CCCC3)c(CC)c1.[Ca+2]. The van der Waals surface area contributed by atoms with Crippen molar-refractivity contribution in [3.8, 4) is 23.0 Å². The van der Waals surface area contributed by atoms with Crippen molar-refractivity contribution in [1.29, 1.82) is 0 Å². The minimum Gasteiger partial charge on any atom is -0.736 e. The summed E-state index contributed by atoms with van der Waals surface area (Å²) in [5, 5.41) is 0. The van der Waals surface area contributed by atoms with Gasteiger partial charge in [-0.2, -0.15) is 0 Å². The van der Waals surface area contributed by atoms with Gasteiger partial charge in [-0.3, -0.25) is 0 Å². The van der Waals surface area contributed by atoms with Gasteiger partial charge in [0.1, 0.15) is 23.0 Å². The Labute approximate surface area is 435 Å². The van der Waals surface area contributed by atoms with Crippen LogP contribution in [0.3, 0.4) is 0 Å². The van der Waals surface area contributed by atoms with E-state index in [1.807, 2.05) is 26.0 Å². The van der Waals surface area contributed by atoms with E-state index in [-0.39, 0.29) is 37.7 Å². The van der Waals surface area contributed by atoms with Gasteiger partial charge in [0.05, 0.1) is 0 Å². The Morgan fingerprint density at radius 1 is 0.418 bits per heavy atom. The van der Waals surface area contributed by atoms with Crippen LogP contribution in [0.1, 0.15) is 200 Å². The molecular formula is C56H80CaO8P2. The first-order valence-electron chi connectivity index (χ1n) is 25.8. The zero-order valence-electron chi connectivity index (χ0n) is 42.0. The Morgan fingerprint density at radius 3 is 1.00 bits per heavy atom. The Balaban J connectivity index is 0.000000288. The zero-order chi connectivity index (χ0) is 47.4. The van der Waals surface area contributed by atoms with Gasteiger partial charge in [0.25, 0.3) is 0 Å². The number of phosphoric acid groups is 2. The van der Waals surface area contributed by atoms with Crippen LogP contribution < -0.4 is 27.9 Å². The van der Waals surface area contributed by atoms with Crippen LogP contribution in [0.15, 0.2) is 60.7 Å². The van der Waals surface area contributed by atoms with Crippen molar-refractivity contribution < 1.29 is 37.0 Å². The maximum atomic E-state index is 13.0. The molecule has 0 fully saturated rings. The fraction of sp³-hybridized carbons (Fsp3) is 0.571. The van der Waals surface area contributed by atoms with Crippen LogP contribution in [0.25, 0.3) is 0 Å². The molecule has 0 radical (unpaired) electrons. The molecule has 4 aromatic carbocycles. The van der Waals surface area contributed by atoms with E-state index in [1.165, 1.54) is 73.6 Å². The molecule has 364 valence electrons. The number of rotatable bonds is 26. The molecule has 0 amide bonds. The molecule has 0 N–H and O–H groups in total. The first kappa shape index (κ1) is 57.3. The molecule has 6 rings (SSSR count). The average Bonchev–Trinajstić information content (AvgIpc) is 3.46. The number of phosphoric ester groups is 2. The van der Waals surface area contributed by atoms with Crippen molar-refractivity contribution in [3.05, 3.63) is 116 Å². The average molecular weight is 983 g/mol. The molecule has 4 aromatic rings. The Morgan fingerprint density at radius 2 is 0.716 bits per heavy atom. The molecule has 2 atom stereocenters. The monoisotopic (exact) mass is 982 g/mol. The van der Waals surface area contributed by atoms with Crippen molar-refractivity contribution in [1.82, 2.24) is 0 Å². The fourth-order valence-corrected chi connectivity index (χ4v) is 11.1. The van der Waals surface area contributed by atoms with E-state index in [0.717, 1.165) is 136 Å². The van der Waals surface area contributed by atoms with E-state index < -0.39 is 15.6 Å². The molecule has 0 aliphatic heterocycles. The van der Waals surface area contributed by atoms with Crippen LogP contribution in [0.4, 0.5) is 0 Å². The van der Waals surface area contributed by atoms with Crippen LogP contribution in [0, 0.1) is 0 Å². The van der Waals surface area contributed by atoms with Gasteiger partial charge in [0, 0.05) is 0 Å². The normalized spacial score (nSPS) is 14.8. The first-order valence-corrected chi connectivity index (χ1v) is 28.8. The Bertz CT molecular complexity index is 2010. The smallest absolute Gasteiger partial charge is 0.736 e. The van der Waals surface area contributed by atoms with Gasteiger partial charge in [-0.15, -0.1) is 0 Å². The van der Waals surface area contributed by atoms with Crippen LogP contribution in [-0.2, 0) is 73.3 Å². The Hall–Kier alpha value is -2.28. The molecular weight excluding hydrogens is 903 g/mol. The topological polar surface area (TPSA) is 117 Å². The summed E-state index contributed by atoms with van der Waals surface area (Å²) in [5.41, 5.74) is 10.8. The van der Waals surface area contributed by atoms with Gasteiger partial charge in [-0.1, -0.05) is 141 Å². The van der Waals surface area contributed by atoms with Gasteiger partial charge < -0.3 is 27.9 Å². The summed E-state index contributed by atoms with van der Waals surface area (Å²) in [6.07, 6.45) is 27.2. The summed E-state index contributed by atoms with van der Waals surface area (Å²) in [5.74, 6) is 1.76. The largest absolute Gasteiger partial charge is 2.00 e. The van der Waals surface area contributed by atoms with Crippen molar-refractivity contribution in [2.75, 3.05) is 0 Å². The minimum atomic E-state index is -4.56. The van der Waals surface area contributed by atoms with Gasteiger partial charge in [0.2, 0.25) is 0 Å². The number of hydrogen-bond acceptors (Lipinski definition) is 8.